The van der Waals surface area contributed by atoms with Gasteiger partial charge in [-0.2, -0.15) is 0 Å². The van der Waals surface area contributed by atoms with Gasteiger partial charge in [0.15, 0.2) is 17.5 Å². The number of rotatable bonds is 3. The van der Waals surface area contributed by atoms with Crippen LogP contribution < -0.4 is 16.5 Å². The molecule has 27 heavy (non-hydrogen) atoms. The van der Waals surface area contributed by atoms with Gasteiger partial charge in [-0.05, 0) is 25.8 Å². The maximum atomic E-state index is 14.4. The van der Waals surface area contributed by atoms with E-state index in [1.165, 1.54) is 5.01 Å². The van der Waals surface area contributed by atoms with Crippen LogP contribution in [0, 0.1) is 5.82 Å². The van der Waals surface area contributed by atoms with Crippen LogP contribution >= 0.6 is 11.6 Å². The summed E-state index contributed by atoms with van der Waals surface area (Å²) in [6.45, 7) is 1.77. The molecular weight excluding hydrogens is 371 g/mol. The SMILES string of the molecule is C[C@]1(O)CCCC[C@@H]1Nc1nc(C2=CN(N)C3NC=C(Cl)C=C23)ncc1F. The predicted molar refractivity (Wildman–Crippen MR) is 101 cm³/mol. The molecular formula is C18H22ClFN6O. The van der Waals surface area contributed by atoms with E-state index >= 15 is 0 Å². The summed E-state index contributed by atoms with van der Waals surface area (Å²) in [7, 11) is 0. The molecule has 3 heterocycles. The quantitative estimate of drug-likeness (QED) is 0.585. The first kappa shape index (κ1) is 18.2. The second kappa shape index (κ2) is 6.78. The Balaban J connectivity index is 1.65. The second-order valence-corrected chi connectivity index (χ2v) is 7.81. The second-order valence-electron chi connectivity index (χ2n) is 7.38. The Bertz CT molecular complexity index is 852. The number of aliphatic hydroxyl groups is 1. The minimum atomic E-state index is -0.907. The number of nitrogens with one attached hydrogen (secondary N) is 2. The maximum absolute atomic E-state index is 14.4. The van der Waals surface area contributed by atoms with Crippen molar-refractivity contribution in [3.05, 3.63) is 46.9 Å². The first-order valence-electron chi connectivity index (χ1n) is 8.95. The van der Waals surface area contributed by atoms with E-state index in [-0.39, 0.29) is 18.0 Å². The van der Waals surface area contributed by atoms with Crippen LogP contribution in [-0.2, 0) is 0 Å². The fraction of sp³-hybridized carbons (Fsp3) is 0.444. The third kappa shape index (κ3) is 3.40. The zero-order valence-electron chi connectivity index (χ0n) is 14.9. The van der Waals surface area contributed by atoms with Gasteiger partial charge >= 0.3 is 0 Å². The van der Waals surface area contributed by atoms with Gasteiger partial charge in [0.25, 0.3) is 0 Å². The van der Waals surface area contributed by atoms with Crippen molar-refractivity contribution >= 4 is 23.0 Å². The van der Waals surface area contributed by atoms with Crippen LogP contribution in [0.2, 0.25) is 0 Å². The molecule has 144 valence electrons. The average molecular weight is 393 g/mol. The number of dihydropyridines is 1. The molecule has 4 rings (SSSR count). The zero-order chi connectivity index (χ0) is 19.2. The van der Waals surface area contributed by atoms with Gasteiger partial charge in [0.05, 0.1) is 22.9 Å². The number of hydrazine groups is 1. The van der Waals surface area contributed by atoms with E-state index < -0.39 is 11.4 Å². The molecule has 5 N–H and O–H groups in total. The van der Waals surface area contributed by atoms with Crippen LogP contribution in [0.1, 0.15) is 38.4 Å². The summed E-state index contributed by atoms with van der Waals surface area (Å²) in [5.74, 6) is 5.87. The Morgan fingerprint density at radius 3 is 3.07 bits per heavy atom. The maximum Gasteiger partial charge on any atom is 0.183 e. The summed E-state index contributed by atoms with van der Waals surface area (Å²) >= 11 is 6.10. The number of aromatic nitrogens is 2. The Morgan fingerprint density at radius 1 is 1.48 bits per heavy atom. The molecule has 7 nitrogen and oxygen atoms in total. The summed E-state index contributed by atoms with van der Waals surface area (Å²) < 4.78 is 14.4. The largest absolute Gasteiger partial charge is 0.388 e. The van der Waals surface area contributed by atoms with Crippen molar-refractivity contribution in [2.24, 2.45) is 5.84 Å². The smallest absolute Gasteiger partial charge is 0.183 e. The molecule has 1 aromatic rings. The van der Waals surface area contributed by atoms with Gasteiger partial charge in [-0.3, -0.25) is 5.01 Å². The van der Waals surface area contributed by atoms with Crippen molar-refractivity contribution in [1.82, 2.24) is 20.3 Å². The van der Waals surface area contributed by atoms with Crippen LogP contribution in [0.15, 0.2) is 35.3 Å². The molecule has 1 aromatic heterocycles. The van der Waals surface area contributed by atoms with Crippen molar-refractivity contribution in [3.63, 3.8) is 0 Å². The third-order valence-electron chi connectivity index (χ3n) is 5.33. The lowest BCUT2D eigenvalue weighted by Gasteiger charge is -2.37. The van der Waals surface area contributed by atoms with Crippen molar-refractivity contribution in [3.8, 4) is 0 Å². The monoisotopic (exact) mass is 392 g/mol. The van der Waals surface area contributed by atoms with Gasteiger partial charge in [-0.25, -0.2) is 20.2 Å². The van der Waals surface area contributed by atoms with Gasteiger partial charge in [0, 0.05) is 23.5 Å². The standard InChI is InChI=1S/C18H22ClFN6O/c1-18(27)5-3-2-4-14(18)24-16-13(20)8-22-15(25-16)12-9-26(21)17-11(12)6-10(19)7-23-17/h6-9,14,17,23,27H,2-5,21H2,1H3,(H,22,24,25)/t14-,17?,18-/m0/s1. The Labute approximate surface area is 161 Å². The number of anilines is 1. The van der Waals surface area contributed by atoms with E-state index in [1.807, 2.05) is 0 Å². The summed E-state index contributed by atoms with van der Waals surface area (Å²) in [6.07, 6.45) is 9.36. The van der Waals surface area contributed by atoms with Gasteiger partial charge in [-0.1, -0.05) is 24.4 Å². The molecule has 0 amide bonds. The van der Waals surface area contributed by atoms with Crippen molar-refractivity contribution in [2.75, 3.05) is 5.32 Å². The molecule has 0 saturated heterocycles. The summed E-state index contributed by atoms with van der Waals surface area (Å²) in [5.41, 5.74) is 0.572. The minimum Gasteiger partial charge on any atom is -0.388 e. The number of hydrogen-bond acceptors (Lipinski definition) is 7. The van der Waals surface area contributed by atoms with Gasteiger partial charge in [0.2, 0.25) is 0 Å². The molecule has 1 aliphatic carbocycles. The van der Waals surface area contributed by atoms with Crippen molar-refractivity contribution in [2.45, 2.75) is 50.4 Å². The highest BCUT2D eigenvalue weighted by molar-refractivity contribution is 6.31. The van der Waals surface area contributed by atoms with Gasteiger partial charge in [0.1, 0.15) is 6.17 Å². The summed E-state index contributed by atoms with van der Waals surface area (Å²) in [6, 6.07) is -0.271. The van der Waals surface area contributed by atoms with Gasteiger partial charge in [-0.15, -0.1) is 0 Å². The molecule has 0 bridgehead atoms. The van der Waals surface area contributed by atoms with E-state index in [0.717, 1.165) is 31.0 Å². The fourth-order valence-electron chi connectivity index (χ4n) is 3.78. The number of hydrogen-bond donors (Lipinski definition) is 4. The zero-order valence-corrected chi connectivity index (χ0v) is 15.7. The van der Waals surface area contributed by atoms with Crippen molar-refractivity contribution < 1.29 is 9.50 Å². The minimum absolute atomic E-state index is 0.0751. The number of fused-ring (bicyclic) bond motifs is 1. The highest BCUT2D eigenvalue weighted by atomic mass is 35.5. The van der Waals surface area contributed by atoms with Crippen molar-refractivity contribution in [1.29, 1.82) is 0 Å². The molecule has 0 aromatic carbocycles. The van der Waals surface area contributed by atoms with E-state index in [0.29, 0.717) is 22.9 Å². The number of nitrogens with zero attached hydrogens (tertiary/aromatic N) is 3. The van der Waals surface area contributed by atoms with Crippen LogP contribution in [0.5, 0.6) is 0 Å². The molecule has 0 spiro atoms. The number of nitrogens with two attached hydrogens (primary N) is 1. The molecule has 3 aliphatic rings. The molecule has 2 aliphatic heterocycles. The van der Waals surface area contributed by atoms with Crippen LogP contribution in [-0.4, -0.2) is 37.9 Å². The van der Waals surface area contributed by atoms with Gasteiger partial charge < -0.3 is 15.7 Å². The topological polar surface area (TPSA) is 99.3 Å². The number of allylic oxidation sites excluding steroid dienone is 2. The molecule has 1 fully saturated rings. The highest BCUT2D eigenvalue weighted by Crippen LogP contribution is 2.35. The lowest BCUT2D eigenvalue weighted by molar-refractivity contribution is 0.0103. The lowest BCUT2D eigenvalue weighted by Crippen LogP contribution is -2.47. The average Bonchev–Trinajstić information content (AvgIpc) is 2.94. The normalized spacial score (nSPS) is 30.1. The molecule has 3 atom stereocenters. The molecule has 9 heteroatoms. The molecule has 1 unspecified atom stereocenters. The summed E-state index contributed by atoms with van der Waals surface area (Å²) in [5, 5.41) is 18.8. The first-order chi connectivity index (χ1) is 12.8. The summed E-state index contributed by atoms with van der Waals surface area (Å²) in [4.78, 5) is 8.51. The molecule has 1 saturated carbocycles. The predicted octanol–water partition coefficient (Wildman–Crippen LogP) is 2.19. The van der Waals surface area contributed by atoms with Crippen LogP contribution in [0.25, 0.3) is 5.57 Å². The third-order valence-corrected chi connectivity index (χ3v) is 5.54. The van der Waals surface area contributed by atoms with Crippen LogP contribution in [0.4, 0.5) is 10.2 Å². The highest BCUT2D eigenvalue weighted by Gasteiger charge is 2.36. The van der Waals surface area contributed by atoms with E-state index in [9.17, 15) is 9.50 Å². The first-order valence-corrected chi connectivity index (χ1v) is 9.33. The van der Waals surface area contributed by atoms with E-state index in [2.05, 4.69) is 20.6 Å². The Morgan fingerprint density at radius 2 is 2.30 bits per heavy atom. The molecule has 0 radical (unpaired) electrons. The fourth-order valence-corrected chi connectivity index (χ4v) is 3.96. The van der Waals surface area contributed by atoms with E-state index in [4.69, 9.17) is 17.4 Å². The Hall–Kier alpha value is -2.16. The lowest BCUT2D eigenvalue weighted by atomic mass is 9.82. The Kier molecular flexibility index (Phi) is 4.57. The van der Waals surface area contributed by atoms with Crippen LogP contribution in [0.3, 0.4) is 0 Å². The van der Waals surface area contributed by atoms with E-state index in [1.54, 1.807) is 25.4 Å². The number of halogens is 2.